The monoisotopic (exact) mass is 445 g/mol. The average Bonchev–Trinajstić information content (AvgIpc) is 2.70. The third-order valence-corrected chi connectivity index (χ3v) is 6.89. The smallest absolute Gasteiger partial charge is 0.137 e. The Morgan fingerprint density at radius 1 is 1.29 bits per heavy atom. The van der Waals surface area contributed by atoms with Crippen molar-refractivity contribution in [3.8, 4) is 5.75 Å². The topological polar surface area (TPSA) is 67.5 Å². The Morgan fingerprint density at radius 3 is 2.55 bits per heavy atom. The van der Waals surface area contributed by atoms with E-state index in [1.807, 2.05) is 13.1 Å². The molecule has 1 fully saturated rings. The van der Waals surface area contributed by atoms with Crippen LogP contribution in [0.5, 0.6) is 5.75 Å². The largest absolute Gasteiger partial charge is 0.496 e. The first kappa shape index (κ1) is 23.6. The zero-order chi connectivity index (χ0) is 22.9. The van der Waals surface area contributed by atoms with Gasteiger partial charge in [0.05, 0.1) is 13.2 Å². The van der Waals surface area contributed by atoms with Crippen molar-refractivity contribution in [2.45, 2.75) is 58.9 Å². The van der Waals surface area contributed by atoms with Crippen molar-refractivity contribution < 1.29 is 4.74 Å². The molecule has 1 aliphatic rings. The number of nitrogen functional groups attached to an aromatic ring is 1. The standard InChI is InChI=1S/C24H36ClN5O/c1-8-9-30-11-17(12-30)21-15(4)19(25)10-18(22(21)31-7)16(5)29(6)24-20(14(2)3)23(26)27-13-28-24/h10,13-14,16-17H,8-9,11-12H2,1-7H3,(H2,26,27,28). The van der Waals surface area contributed by atoms with Crippen molar-refractivity contribution >= 4 is 23.2 Å². The Kier molecular flexibility index (Phi) is 7.32. The van der Waals surface area contributed by atoms with Crippen LogP contribution in [-0.4, -0.2) is 48.7 Å². The van der Waals surface area contributed by atoms with E-state index in [1.165, 1.54) is 18.3 Å². The molecule has 1 aromatic heterocycles. The number of halogens is 1. The summed E-state index contributed by atoms with van der Waals surface area (Å²) in [7, 11) is 3.80. The summed E-state index contributed by atoms with van der Waals surface area (Å²) in [6.07, 6.45) is 2.70. The highest BCUT2D eigenvalue weighted by Gasteiger charge is 2.34. The number of hydrogen-bond donors (Lipinski definition) is 1. The number of anilines is 2. The van der Waals surface area contributed by atoms with Crippen LogP contribution < -0.4 is 15.4 Å². The van der Waals surface area contributed by atoms with Gasteiger partial charge >= 0.3 is 0 Å². The van der Waals surface area contributed by atoms with E-state index < -0.39 is 0 Å². The predicted octanol–water partition coefficient (Wildman–Crippen LogP) is 5.16. The first-order valence-electron chi connectivity index (χ1n) is 11.1. The molecule has 1 atom stereocenters. The highest BCUT2D eigenvalue weighted by atomic mass is 35.5. The van der Waals surface area contributed by atoms with Gasteiger partial charge in [0.15, 0.2) is 0 Å². The molecule has 3 rings (SSSR count). The first-order valence-corrected chi connectivity index (χ1v) is 11.5. The Labute approximate surface area is 191 Å². The van der Waals surface area contributed by atoms with Crippen molar-refractivity contribution in [1.29, 1.82) is 0 Å². The molecule has 1 unspecified atom stereocenters. The fourth-order valence-corrected chi connectivity index (χ4v) is 4.89. The van der Waals surface area contributed by atoms with Crippen LogP contribution in [0.2, 0.25) is 5.02 Å². The zero-order valence-electron chi connectivity index (χ0n) is 19.9. The molecule has 0 amide bonds. The summed E-state index contributed by atoms with van der Waals surface area (Å²) in [5.74, 6) is 2.96. The van der Waals surface area contributed by atoms with E-state index in [2.05, 4.69) is 54.4 Å². The SMILES string of the molecule is CCCN1CC(c2c(C)c(Cl)cc(C(C)N(C)c3ncnc(N)c3C(C)C)c2OC)C1. The van der Waals surface area contributed by atoms with E-state index in [1.54, 1.807) is 7.11 Å². The number of nitrogens with zero attached hydrogens (tertiary/aromatic N) is 4. The van der Waals surface area contributed by atoms with Crippen LogP contribution in [0.3, 0.4) is 0 Å². The minimum Gasteiger partial charge on any atom is -0.496 e. The minimum atomic E-state index is -0.00887. The van der Waals surface area contributed by atoms with Crippen molar-refractivity contribution in [2.75, 3.05) is 44.4 Å². The third kappa shape index (κ3) is 4.46. The number of rotatable bonds is 8. The second-order valence-corrected chi connectivity index (χ2v) is 9.32. The summed E-state index contributed by atoms with van der Waals surface area (Å²) >= 11 is 6.74. The molecule has 0 aliphatic carbocycles. The normalized spacial score (nSPS) is 15.8. The number of ether oxygens (including phenoxy) is 1. The number of hydrogen-bond acceptors (Lipinski definition) is 6. The number of likely N-dealkylation sites (tertiary alicyclic amines) is 1. The minimum absolute atomic E-state index is 0.00887. The summed E-state index contributed by atoms with van der Waals surface area (Å²) in [6.45, 7) is 13.9. The van der Waals surface area contributed by atoms with Gasteiger partial charge in [0.1, 0.15) is 23.7 Å². The molecule has 2 aromatic rings. The van der Waals surface area contributed by atoms with Gasteiger partial charge in [0, 0.05) is 47.8 Å². The summed E-state index contributed by atoms with van der Waals surface area (Å²) in [6, 6.07) is 2.04. The molecule has 0 radical (unpaired) electrons. The quantitative estimate of drug-likeness (QED) is 0.605. The molecule has 2 heterocycles. The number of aromatic nitrogens is 2. The lowest BCUT2D eigenvalue weighted by Gasteiger charge is -2.41. The maximum Gasteiger partial charge on any atom is 0.137 e. The molecule has 31 heavy (non-hydrogen) atoms. The highest BCUT2D eigenvalue weighted by Crippen LogP contribution is 2.44. The summed E-state index contributed by atoms with van der Waals surface area (Å²) in [5, 5.41) is 0.784. The van der Waals surface area contributed by atoms with Crippen LogP contribution in [-0.2, 0) is 0 Å². The highest BCUT2D eigenvalue weighted by molar-refractivity contribution is 6.31. The van der Waals surface area contributed by atoms with Gasteiger partial charge in [-0.15, -0.1) is 0 Å². The van der Waals surface area contributed by atoms with Crippen LogP contribution in [0.25, 0.3) is 0 Å². The van der Waals surface area contributed by atoms with Gasteiger partial charge in [-0.3, -0.25) is 0 Å². The fraction of sp³-hybridized carbons (Fsp3) is 0.583. The van der Waals surface area contributed by atoms with Gasteiger partial charge in [0.25, 0.3) is 0 Å². The van der Waals surface area contributed by atoms with Crippen molar-refractivity contribution in [1.82, 2.24) is 14.9 Å². The third-order valence-electron chi connectivity index (χ3n) is 6.50. The van der Waals surface area contributed by atoms with E-state index in [4.69, 9.17) is 22.1 Å². The molecule has 6 nitrogen and oxygen atoms in total. The Balaban J connectivity index is 2.02. The number of nitrogens with two attached hydrogens (primary N) is 1. The van der Waals surface area contributed by atoms with Crippen molar-refractivity contribution in [2.24, 2.45) is 0 Å². The average molecular weight is 446 g/mol. The molecular formula is C24H36ClN5O. The van der Waals surface area contributed by atoms with Gasteiger partial charge < -0.3 is 20.3 Å². The lowest BCUT2D eigenvalue weighted by atomic mass is 9.85. The van der Waals surface area contributed by atoms with Crippen molar-refractivity contribution in [3.63, 3.8) is 0 Å². The van der Waals surface area contributed by atoms with Gasteiger partial charge in [-0.25, -0.2) is 9.97 Å². The van der Waals surface area contributed by atoms with E-state index in [0.717, 1.165) is 52.9 Å². The van der Waals surface area contributed by atoms with E-state index in [0.29, 0.717) is 11.7 Å². The fourth-order valence-electron chi connectivity index (χ4n) is 4.67. The van der Waals surface area contributed by atoms with Crippen LogP contribution in [0.1, 0.15) is 74.2 Å². The maximum absolute atomic E-state index is 6.74. The molecule has 0 bridgehead atoms. The molecule has 1 aliphatic heterocycles. The molecule has 1 saturated heterocycles. The van der Waals surface area contributed by atoms with Crippen LogP contribution in [0.4, 0.5) is 11.6 Å². The lowest BCUT2D eigenvalue weighted by Crippen LogP contribution is -2.45. The molecule has 2 N–H and O–H groups in total. The molecular weight excluding hydrogens is 410 g/mol. The first-order chi connectivity index (χ1) is 14.7. The van der Waals surface area contributed by atoms with Gasteiger partial charge in [-0.05, 0) is 44.4 Å². The van der Waals surface area contributed by atoms with Crippen LogP contribution >= 0.6 is 11.6 Å². The molecule has 0 spiro atoms. The Morgan fingerprint density at radius 2 is 1.97 bits per heavy atom. The Bertz CT molecular complexity index is 927. The summed E-state index contributed by atoms with van der Waals surface area (Å²) in [4.78, 5) is 13.4. The van der Waals surface area contributed by atoms with Crippen LogP contribution in [0, 0.1) is 6.92 Å². The van der Waals surface area contributed by atoms with Crippen molar-refractivity contribution in [3.05, 3.63) is 39.7 Å². The van der Waals surface area contributed by atoms with Gasteiger partial charge in [-0.1, -0.05) is 32.4 Å². The molecule has 7 heteroatoms. The zero-order valence-corrected chi connectivity index (χ0v) is 20.6. The summed E-state index contributed by atoms with van der Waals surface area (Å²) in [5.41, 5.74) is 10.6. The maximum atomic E-state index is 6.74. The molecule has 1 aromatic carbocycles. The van der Waals surface area contributed by atoms with Gasteiger partial charge in [-0.2, -0.15) is 0 Å². The molecule has 0 saturated carbocycles. The summed E-state index contributed by atoms with van der Waals surface area (Å²) < 4.78 is 6.01. The van der Waals surface area contributed by atoms with E-state index in [9.17, 15) is 0 Å². The predicted molar refractivity (Wildman–Crippen MR) is 130 cm³/mol. The Hall–Kier alpha value is -2.05. The molecule has 170 valence electrons. The second kappa shape index (κ2) is 9.61. The lowest BCUT2D eigenvalue weighted by molar-refractivity contribution is 0.146. The van der Waals surface area contributed by atoms with Crippen LogP contribution in [0.15, 0.2) is 12.4 Å². The number of benzene rings is 1. The number of methoxy groups -OCH3 is 1. The van der Waals surface area contributed by atoms with E-state index >= 15 is 0 Å². The second-order valence-electron chi connectivity index (χ2n) is 8.91. The van der Waals surface area contributed by atoms with Gasteiger partial charge in [0.2, 0.25) is 0 Å². The van der Waals surface area contributed by atoms with E-state index in [-0.39, 0.29) is 12.0 Å².